The van der Waals surface area contributed by atoms with Crippen LogP contribution < -0.4 is 10.6 Å². The van der Waals surface area contributed by atoms with E-state index in [1.54, 1.807) is 24.1 Å². The maximum Gasteiger partial charge on any atom is 0.341 e. The third kappa shape index (κ3) is 2.69. The van der Waals surface area contributed by atoms with Gasteiger partial charge in [-0.05, 0) is 30.3 Å². The summed E-state index contributed by atoms with van der Waals surface area (Å²) in [5.74, 6) is -0.480. The van der Waals surface area contributed by atoms with Crippen molar-refractivity contribution >= 4 is 23.2 Å². The van der Waals surface area contributed by atoms with Gasteiger partial charge < -0.3 is 15.4 Å². The molecule has 104 valence electrons. The molecule has 0 unspecified atom stereocenters. The Bertz CT molecular complexity index is 629. The number of halogens is 1. The number of rotatable bonds is 3. The van der Waals surface area contributed by atoms with Gasteiger partial charge in [-0.25, -0.2) is 14.2 Å². The lowest BCUT2D eigenvalue weighted by atomic mass is 10.2. The third-order valence-corrected chi connectivity index (χ3v) is 2.82. The van der Waals surface area contributed by atoms with Crippen LogP contribution >= 0.6 is 0 Å². The molecule has 0 aliphatic carbocycles. The average Bonchev–Trinajstić information content (AvgIpc) is 2.46. The molecule has 2 N–H and O–H groups in total. The second-order valence-corrected chi connectivity index (χ2v) is 4.17. The first kappa shape index (κ1) is 13.8. The van der Waals surface area contributed by atoms with Crippen LogP contribution in [0.5, 0.6) is 0 Å². The van der Waals surface area contributed by atoms with Crippen molar-refractivity contribution in [2.75, 3.05) is 24.8 Å². The van der Waals surface area contributed by atoms with Crippen LogP contribution in [0.3, 0.4) is 0 Å². The summed E-state index contributed by atoms with van der Waals surface area (Å²) in [6.07, 6.45) is 1.45. The van der Waals surface area contributed by atoms with Crippen LogP contribution in [0.15, 0.2) is 36.5 Å². The molecular weight excluding hydrogens is 261 g/mol. The van der Waals surface area contributed by atoms with E-state index in [0.29, 0.717) is 17.2 Å². The highest BCUT2D eigenvalue weighted by molar-refractivity contribution is 5.96. The van der Waals surface area contributed by atoms with Crippen LogP contribution in [0.4, 0.5) is 21.6 Å². The number of methoxy groups -OCH3 is 1. The minimum Gasteiger partial charge on any atom is -0.465 e. The molecule has 0 saturated heterocycles. The van der Waals surface area contributed by atoms with Crippen molar-refractivity contribution in [3.63, 3.8) is 0 Å². The standard InChI is InChI=1S/C14H14FN3O2/c1-18(11-5-3-9(15)4-6-11)13-12(14(19)20-2)7-10(16)8-17-13/h3-8H,16H2,1-2H3. The largest absolute Gasteiger partial charge is 0.465 e. The first-order valence-electron chi connectivity index (χ1n) is 5.86. The van der Waals surface area contributed by atoms with Gasteiger partial charge in [0.2, 0.25) is 0 Å². The van der Waals surface area contributed by atoms with Crippen molar-refractivity contribution in [3.05, 3.63) is 47.9 Å². The van der Waals surface area contributed by atoms with E-state index in [4.69, 9.17) is 10.5 Å². The number of pyridine rings is 1. The van der Waals surface area contributed by atoms with Gasteiger partial charge in [0.05, 0.1) is 19.0 Å². The van der Waals surface area contributed by atoms with E-state index in [1.807, 2.05) is 0 Å². The molecular formula is C14H14FN3O2. The summed E-state index contributed by atoms with van der Waals surface area (Å²) < 4.78 is 17.7. The SMILES string of the molecule is COC(=O)c1cc(N)cnc1N(C)c1ccc(F)cc1. The third-order valence-electron chi connectivity index (χ3n) is 2.82. The Hall–Kier alpha value is -2.63. The number of esters is 1. The number of hydrogen-bond donors (Lipinski definition) is 1. The average molecular weight is 275 g/mol. The van der Waals surface area contributed by atoms with E-state index in [0.717, 1.165) is 0 Å². The van der Waals surface area contributed by atoms with Crippen molar-refractivity contribution in [1.82, 2.24) is 4.98 Å². The molecule has 20 heavy (non-hydrogen) atoms. The highest BCUT2D eigenvalue weighted by atomic mass is 19.1. The predicted molar refractivity (Wildman–Crippen MR) is 74.5 cm³/mol. The Kier molecular flexibility index (Phi) is 3.84. The lowest BCUT2D eigenvalue weighted by Crippen LogP contribution is -2.17. The van der Waals surface area contributed by atoms with Gasteiger partial charge in [0.25, 0.3) is 0 Å². The second-order valence-electron chi connectivity index (χ2n) is 4.17. The van der Waals surface area contributed by atoms with E-state index in [-0.39, 0.29) is 11.4 Å². The van der Waals surface area contributed by atoms with Gasteiger partial charge in [0, 0.05) is 12.7 Å². The van der Waals surface area contributed by atoms with Gasteiger partial charge in [-0.2, -0.15) is 0 Å². The van der Waals surface area contributed by atoms with Crippen molar-refractivity contribution in [2.45, 2.75) is 0 Å². The number of carbonyl (C=O) groups excluding carboxylic acids is 1. The zero-order valence-corrected chi connectivity index (χ0v) is 11.1. The van der Waals surface area contributed by atoms with Gasteiger partial charge in [-0.3, -0.25) is 0 Å². The number of ether oxygens (including phenoxy) is 1. The van der Waals surface area contributed by atoms with Crippen LogP contribution in [0.1, 0.15) is 10.4 Å². The topological polar surface area (TPSA) is 68.5 Å². The maximum absolute atomic E-state index is 12.9. The Labute approximate surface area is 115 Å². The molecule has 1 heterocycles. The van der Waals surface area contributed by atoms with E-state index in [9.17, 15) is 9.18 Å². The molecule has 0 aliphatic rings. The molecule has 0 radical (unpaired) electrons. The van der Waals surface area contributed by atoms with Crippen molar-refractivity contribution in [2.24, 2.45) is 0 Å². The summed E-state index contributed by atoms with van der Waals surface area (Å²) in [5.41, 5.74) is 6.94. The van der Waals surface area contributed by atoms with Crippen LogP contribution in [0, 0.1) is 5.82 Å². The summed E-state index contributed by atoms with van der Waals surface area (Å²) in [7, 11) is 3.01. The molecule has 0 amide bonds. The number of nitrogen functional groups attached to an aromatic ring is 1. The molecule has 5 nitrogen and oxygen atoms in total. The van der Waals surface area contributed by atoms with E-state index in [2.05, 4.69) is 4.98 Å². The van der Waals surface area contributed by atoms with Gasteiger partial charge >= 0.3 is 5.97 Å². The number of aromatic nitrogens is 1. The molecule has 2 aromatic rings. The van der Waals surface area contributed by atoms with Gasteiger partial charge in [-0.1, -0.05) is 0 Å². The Balaban J connectivity index is 2.46. The Morgan fingerprint density at radius 1 is 1.35 bits per heavy atom. The fraction of sp³-hybridized carbons (Fsp3) is 0.143. The summed E-state index contributed by atoms with van der Waals surface area (Å²) >= 11 is 0. The number of hydrogen-bond acceptors (Lipinski definition) is 5. The second kappa shape index (κ2) is 5.56. The predicted octanol–water partition coefficient (Wildman–Crippen LogP) is 2.36. The Morgan fingerprint density at radius 2 is 2.00 bits per heavy atom. The quantitative estimate of drug-likeness (QED) is 0.871. The smallest absolute Gasteiger partial charge is 0.341 e. The first-order chi connectivity index (χ1) is 9.52. The molecule has 0 atom stereocenters. The number of anilines is 3. The fourth-order valence-corrected chi connectivity index (χ4v) is 1.79. The molecule has 0 bridgehead atoms. The number of nitrogens with zero attached hydrogens (tertiary/aromatic N) is 2. The van der Waals surface area contributed by atoms with Crippen LogP contribution in [-0.2, 0) is 4.74 Å². The maximum atomic E-state index is 12.9. The van der Waals surface area contributed by atoms with Crippen LogP contribution in [0.2, 0.25) is 0 Å². The molecule has 0 aliphatic heterocycles. The zero-order valence-electron chi connectivity index (χ0n) is 11.1. The minimum atomic E-state index is -0.534. The zero-order chi connectivity index (χ0) is 14.7. The lowest BCUT2D eigenvalue weighted by Gasteiger charge is -2.20. The molecule has 1 aromatic carbocycles. The highest BCUT2D eigenvalue weighted by Gasteiger charge is 2.18. The summed E-state index contributed by atoms with van der Waals surface area (Å²) in [6.45, 7) is 0. The number of nitrogens with two attached hydrogens (primary N) is 1. The van der Waals surface area contributed by atoms with Gasteiger partial charge in [0.1, 0.15) is 17.2 Å². The van der Waals surface area contributed by atoms with Crippen molar-refractivity contribution in [3.8, 4) is 0 Å². The van der Waals surface area contributed by atoms with Gasteiger partial charge in [0.15, 0.2) is 0 Å². The fourth-order valence-electron chi connectivity index (χ4n) is 1.79. The van der Waals surface area contributed by atoms with Crippen LogP contribution in [0.25, 0.3) is 0 Å². The van der Waals surface area contributed by atoms with Crippen LogP contribution in [-0.4, -0.2) is 25.1 Å². The summed E-state index contributed by atoms with van der Waals surface area (Å²) in [6, 6.07) is 7.35. The number of carbonyl (C=O) groups is 1. The molecule has 2 rings (SSSR count). The number of benzene rings is 1. The van der Waals surface area contributed by atoms with E-state index >= 15 is 0 Å². The monoisotopic (exact) mass is 275 g/mol. The van der Waals surface area contributed by atoms with Gasteiger partial charge in [-0.15, -0.1) is 0 Å². The highest BCUT2D eigenvalue weighted by Crippen LogP contribution is 2.26. The van der Waals surface area contributed by atoms with E-state index < -0.39 is 5.97 Å². The van der Waals surface area contributed by atoms with Crippen molar-refractivity contribution in [1.29, 1.82) is 0 Å². The lowest BCUT2D eigenvalue weighted by molar-refractivity contribution is 0.0601. The molecule has 0 fully saturated rings. The molecule has 0 saturated carbocycles. The summed E-state index contributed by atoms with van der Waals surface area (Å²) in [5, 5.41) is 0. The molecule has 0 spiro atoms. The van der Waals surface area contributed by atoms with Crippen molar-refractivity contribution < 1.29 is 13.9 Å². The summed E-state index contributed by atoms with van der Waals surface area (Å²) in [4.78, 5) is 17.6. The Morgan fingerprint density at radius 3 is 2.60 bits per heavy atom. The van der Waals surface area contributed by atoms with E-state index in [1.165, 1.54) is 31.5 Å². The first-order valence-corrected chi connectivity index (χ1v) is 5.86. The normalized spacial score (nSPS) is 10.2. The molecule has 6 heteroatoms. The molecule has 1 aromatic heterocycles. The minimum absolute atomic E-state index is 0.249.